The molecule has 0 spiro atoms. The molecule has 0 aliphatic heterocycles. The van der Waals surface area contributed by atoms with Crippen molar-refractivity contribution in [3.05, 3.63) is 47.6 Å². The van der Waals surface area contributed by atoms with Gasteiger partial charge in [-0.1, -0.05) is 12.1 Å². The molecule has 8 heteroatoms. The minimum atomic E-state index is -3.76. The normalized spacial score (nSPS) is 11.5. The highest BCUT2D eigenvalue weighted by Crippen LogP contribution is 2.22. The number of hydrogen-bond acceptors (Lipinski definition) is 6. The average Bonchev–Trinajstić information content (AvgIpc) is 3.03. The van der Waals surface area contributed by atoms with Crippen molar-refractivity contribution in [1.82, 2.24) is 9.29 Å². The van der Waals surface area contributed by atoms with Crippen LogP contribution in [-0.4, -0.2) is 36.8 Å². The fourth-order valence-corrected chi connectivity index (χ4v) is 4.29. The molecule has 118 valence electrons. The lowest BCUT2D eigenvalue weighted by atomic mass is 10.3. The Kier molecular flexibility index (Phi) is 5.64. The number of sulfonamides is 1. The lowest BCUT2D eigenvalue weighted by Gasteiger charge is -2.20. The van der Waals surface area contributed by atoms with E-state index in [0.717, 1.165) is 15.6 Å². The predicted molar refractivity (Wildman–Crippen MR) is 82.8 cm³/mol. The van der Waals surface area contributed by atoms with Crippen LogP contribution in [0.2, 0.25) is 0 Å². The summed E-state index contributed by atoms with van der Waals surface area (Å²) in [5.74, 6) is -0.585. The summed E-state index contributed by atoms with van der Waals surface area (Å²) in [6.07, 6.45) is 1.58. The SMILES string of the molecule is CCOC(=O)CN(Cc1ccccn1)S(=O)(=O)c1cccs1. The van der Waals surface area contributed by atoms with E-state index in [1.54, 1.807) is 42.8 Å². The van der Waals surface area contributed by atoms with Crippen LogP contribution in [0.25, 0.3) is 0 Å². The Hall–Kier alpha value is -1.77. The molecule has 22 heavy (non-hydrogen) atoms. The topological polar surface area (TPSA) is 76.6 Å². The minimum Gasteiger partial charge on any atom is -0.465 e. The van der Waals surface area contributed by atoms with Gasteiger partial charge in [-0.25, -0.2) is 8.42 Å². The third-order valence-corrected chi connectivity index (χ3v) is 5.93. The second kappa shape index (κ2) is 7.48. The van der Waals surface area contributed by atoms with E-state index in [2.05, 4.69) is 4.98 Å². The van der Waals surface area contributed by atoms with Crippen LogP contribution in [-0.2, 0) is 26.1 Å². The van der Waals surface area contributed by atoms with Gasteiger partial charge in [0.1, 0.15) is 10.8 Å². The molecule has 0 aliphatic rings. The lowest BCUT2D eigenvalue weighted by molar-refractivity contribution is -0.143. The van der Waals surface area contributed by atoms with Gasteiger partial charge in [0.25, 0.3) is 10.0 Å². The average molecular weight is 340 g/mol. The Bertz CT molecular complexity index is 700. The molecule has 0 unspecified atom stereocenters. The van der Waals surface area contributed by atoms with Gasteiger partial charge in [-0.15, -0.1) is 11.3 Å². The molecule has 2 aromatic heterocycles. The third kappa shape index (κ3) is 4.12. The number of esters is 1. The highest BCUT2D eigenvalue weighted by Gasteiger charge is 2.28. The second-order valence-electron chi connectivity index (χ2n) is 4.33. The third-order valence-electron chi connectivity index (χ3n) is 2.76. The first-order valence-electron chi connectivity index (χ1n) is 6.63. The Morgan fingerprint density at radius 2 is 2.14 bits per heavy atom. The molecular weight excluding hydrogens is 324 g/mol. The molecule has 0 aliphatic carbocycles. The number of aromatic nitrogens is 1. The van der Waals surface area contributed by atoms with Crippen LogP contribution in [0.5, 0.6) is 0 Å². The van der Waals surface area contributed by atoms with Gasteiger partial charge >= 0.3 is 5.97 Å². The van der Waals surface area contributed by atoms with Gasteiger partial charge in [0.05, 0.1) is 18.8 Å². The molecule has 2 aromatic rings. The lowest BCUT2D eigenvalue weighted by Crippen LogP contribution is -2.36. The van der Waals surface area contributed by atoms with Gasteiger partial charge in [-0.2, -0.15) is 4.31 Å². The monoisotopic (exact) mass is 340 g/mol. The fraction of sp³-hybridized carbons (Fsp3) is 0.286. The van der Waals surface area contributed by atoms with Gasteiger partial charge in [-0.05, 0) is 30.5 Å². The molecule has 0 fully saturated rings. The molecule has 0 amide bonds. The van der Waals surface area contributed by atoms with E-state index in [0.29, 0.717) is 5.69 Å². The summed E-state index contributed by atoms with van der Waals surface area (Å²) in [5.41, 5.74) is 0.562. The van der Waals surface area contributed by atoms with E-state index in [4.69, 9.17) is 4.74 Å². The predicted octanol–water partition coefficient (Wildman–Crippen LogP) is 1.90. The van der Waals surface area contributed by atoms with E-state index < -0.39 is 16.0 Å². The zero-order valence-electron chi connectivity index (χ0n) is 12.0. The van der Waals surface area contributed by atoms with E-state index in [1.807, 2.05) is 0 Å². The van der Waals surface area contributed by atoms with Gasteiger partial charge in [0, 0.05) is 6.20 Å². The summed E-state index contributed by atoms with van der Waals surface area (Å²) in [5, 5.41) is 1.68. The summed E-state index contributed by atoms with van der Waals surface area (Å²) >= 11 is 1.11. The van der Waals surface area contributed by atoms with Gasteiger partial charge in [0.15, 0.2) is 0 Å². The number of nitrogens with zero attached hydrogens (tertiary/aromatic N) is 2. The molecule has 0 atom stereocenters. The van der Waals surface area contributed by atoms with Crippen LogP contribution in [0.1, 0.15) is 12.6 Å². The fourth-order valence-electron chi connectivity index (χ4n) is 1.79. The summed E-state index contributed by atoms with van der Waals surface area (Å²) in [7, 11) is -3.76. The maximum atomic E-state index is 12.6. The molecule has 0 bridgehead atoms. The van der Waals surface area contributed by atoms with Crippen molar-refractivity contribution in [2.45, 2.75) is 17.7 Å². The van der Waals surface area contributed by atoms with E-state index in [1.165, 1.54) is 6.07 Å². The summed E-state index contributed by atoms with van der Waals surface area (Å²) < 4.78 is 31.4. The van der Waals surface area contributed by atoms with Crippen molar-refractivity contribution >= 4 is 27.3 Å². The standard InChI is InChI=1S/C14H16N2O4S2/c1-2-20-13(17)11-16(10-12-6-3-4-8-15-12)22(18,19)14-7-5-9-21-14/h3-9H,2,10-11H2,1H3. The van der Waals surface area contributed by atoms with Gasteiger partial charge in [0.2, 0.25) is 0 Å². The van der Waals surface area contributed by atoms with Crippen LogP contribution in [0, 0.1) is 0 Å². The maximum Gasteiger partial charge on any atom is 0.321 e. The summed E-state index contributed by atoms with van der Waals surface area (Å²) in [6.45, 7) is 1.55. The smallest absolute Gasteiger partial charge is 0.321 e. The molecule has 2 heterocycles. The highest BCUT2D eigenvalue weighted by atomic mass is 32.2. The van der Waals surface area contributed by atoms with Crippen molar-refractivity contribution < 1.29 is 17.9 Å². The van der Waals surface area contributed by atoms with E-state index >= 15 is 0 Å². The summed E-state index contributed by atoms with van der Waals surface area (Å²) in [4.78, 5) is 15.8. The number of ether oxygens (including phenoxy) is 1. The number of rotatable bonds is 7. The van der Waals surface area contributed by atoms with Crippen LogP contribution in [0.3, 0.4) is 0 Å². The van der Waals surface area contributed by atoms with Crippen LogP contribution in [0.15, 0.2) is 46.1 Å². The first-order valence-corrected chi connectivity index (χ1v) is 8.95. The van der Waals surface area contributed by atoms with Crippen LogP contribution < -0.4 is 0 Å². The first-order chi connectivity index (χ1) is 10.5. The zero-order chi connectivity index (χ0) is 16.0. The largest absolute Gasteiger partial charge is 0.465 e. The Morgan fingerprint density at radius 1 is 1.32 bits per heavy atom. The van der Waals surface area contributed by atoms with Crippen molar-refractivity contribution in [2.75, 3.05) is 13.2 Å². The van der Waals surface area contributed by atoms with E-state index in [9.17, 15) is 13.2 Å². The highest BCUT2D eigenvalue weighted by molar-refractivity contribution is 7.91. The maximum absolute atomic E-state index is 12.6. The zero-order valence-corrected chi connectivity index (χ0v) is 13.6. The van der Waals surface area contributed by atoms with Crippen LogP contribution >= 0.6 is 11.3 Å². The molecule has 2 rings (SSSR count). The molecule has 0 saturated carbocycles. The van der Waals surface area contributed by atoms with Crippen molar-refractivity contribution in [3.63, 3.8) is 0 Å². The number of pyridine rings is 1. The first kappa shape index (κ1) is 16.6. The van der Waals surface area contributed by atoms with Gasteiger partial charge in [-0.3, -0.25) is 9.78 Å². The quantitative estimate of drug-likeness (QED) is 0.720. The number of carbonyl (C=O) groups is 1. The van der Waals surface area contributed by atoms with Crippen molar-refractivity contribution in [1.29, 1.82) is 0 Å². The number of thiophene rings is 1. The Labute approximate surface area is 133 Å². The van der Waals surface area contributed by atoms with Crippen molar-refractivity contribution in [3.8, 4) is 0 Å². The number of carbonyl (C=O) groups excluding carboxylic acids is 1. The van der Waals surface area contributed by atoms with Crippen LogP contribution in [0.4, 0.5) is 0 Å². The molecule has 0 aromatic carbocycles. The molecule has 6 nitrogen and oxygen atoms in total. The van der Waals surface area contributed by atoms with Gasteiger partial charge < -0.3 is 4.74 Å². The van der Waals surface area contributed by atoms with Crippen molar-refractivity contribution in [2.24, 2.45) is 0 Å². The minimum absolute atomic E-state index is 0.0138. The summed E-state index contributed by atoms with van der Waals surface area (Å²) in [6, 6.07) is 8.38. The molecule has 0 saturated heterocycles. The molecule has 0 N–H and O–H groups in total. The molecule has 0 radical (unpaired) electrons. The Morgan fingerprint density at radius 3 is 2.73 bits per heavy atom. The number of hydrogen-bond donors (Lipinski definition) is 0. The molecular formula is C14H16N2O4S2. The Balaban J connectivity index is 2.27. The second-order valence-corrected chi connectivity index (χ2v) is 7.44. The van der Waals surface area contributed by atoms with E-state index in [-0.39, 0.29) is 23.9 Å².